The minimum absolute atomic E-state index is 0.00981. The van der Waals surface area contributed by atoms with E-state index in [0.717, 1.165) is 17.7 Å². The first kappa shape index (κ1) is 18.8. The lowest BCUT2D eigenvalue weighted by Gasteiger charge is -2.26. The van der Waals surface area contributed by atoms with Crippen molar-refractivity contribution in [3.05, 3.63) is 36.1 Å². The predicted molar refractivity (Wildman–Crippen MR) is 94.7 cm³/mol. The summed E-state index contributed by atoms with van der Waals surface area (Å²) < 4.78 is 0. The molecule has 1 aliphatic carbocycles. The molecule has 0 spiro atoms. The molecule has 0 radical (unpaired) electrons. The number of thioether (sulfide) groups is 1. The zero-order chi connectivity index (χ0) is 16.8. The van der Waals surface area contributed by atoms with Gasteiger partial charge >= 0.3 is 0 Å². The maximum atomic E-state index is 12.6. The average Bonchev–Trinajstić information content (AvgIpc) is 2.46. The summed E-state index contributed by atoms with van der Waals surface area (Å²) in [4.78, 5) is 25.1. The Morgan fingerprint density at radius 1 is 1.45 bits per heavy atom. The van der Waals surface area contributed by atoms with Crippen molar-refractivity contribution in [3.63, 3.8) is 0 Å². The third-order valence-corrected chi connectivity index (χ3v) is 4.75. The Morgan fingerprint density at radius 3 is 2.73 bits per heavy atom. The highest BCUT2D eigenvalue weighted by Gasteiger charge is 2.24. The number of carbonyl (C=O) groups is 2. The summed E-state index contributed by atoms with van der Waals surface area (Å²) in [6.07, 6.45) is 11.6. The van der Waals surface area contributed by atoms with E-state index in [1.54, 1.807) is 11.9 Å². The fraction of sp³-hybridized carbons (Fsp3) is 0.556. The molecule has 0 N–H and O–H groups in total. The van der Waals surface area contributed by atoms with Gasteiger partial charge in [-0.1, -0.05) is 52.0 Å². The zero-order valence-corrected chi connectivity index (χ0v) is 15.0. The largest absolute Gasteiger partial charge is 0.315 e. The molecule has 0 bridgehead atoms. The summed E-state index contributed by atoms with van der Waals surface area (Å²) in [5, 5.41) is -0.300. The van der Waals surface area contributed by atoms with E-state index in [9.17, 15) is 9.59 Å². The maximum Gasteiger partial charge on any atom is 0.240 e. The van der Waals surface area contributed by atoms with Crippen molar-refractivity contribution in [2.45, 2.75) is 39.4 Å². The smallest absolute Gasteiger partial charge is 0.240 e. The standard InChI is InChI=1S/C18H27NO2S/c1-6-22-16(9-12-20)17(21)19(5)15-8-11-18(3,4)10-7-14(2)13-15/h7-8,10-14,16H,6,9H2,1-5H3/b10-7-,11-8?,15-13?. The van der Waals surface area contributed by atoms with Gasteiger partial charge in [0.1, 0.15) is 6.29 Å². The van der Waals surface area contributed by atoms with Gasteiger partial charge in [-0.05, 0) is 17.7 Å². The van der Waals surface area contributed by atoms with Crippen molar-refractivity contribution in [1.82, 2.24) is 4.90 Å². The Morgan fingerprint density at radius 2 is 2.14 bits per heavy atom. The minimum atomic E-state index is -0.300. The molecule has 0 aliphatic heterocycles. The van der Waals surface area contributed by atoms with Crippen LogP contribution in [0.5, 0.6) is 0 Å². The Bertz CT molecular complexity index is 491. The highest BCUT2D eigenvalue weighted by molar-refractivity contribution is 8.00. The summed E-state index contributed by atoms with van der Waals surface area (Å²) >= 11 is 1.52. The van der Waals surface area contributed by atoms with Crippen LogP contribution in [0.4, 0.5) is 0 Å². The van der Waals surface area contributed by atoms with Crippen LogP contribution in [0.15, 0.2) is 36.1 Å². The third kappa shape index (κ3) is 5.48. The van der Waals surface area contributed by atoms with Crippen LogP contribution in [0, 0.1) is 11.3 Å². The summed E-state index contributed by atoms with van der Waals surface area (Å²) in [7, 11) is 1.79. The van der Waals surface area contributed by atoms with E-state index >= 15 is 0 Å². The van der Waals surface area contributed by atoms with E-state index in [-0.39, 0.29) is 28.9 Å². The highest BCUT2D eigenvalue weighted by atomic mass is 32.2. The van der Waals surface area contributed by atoms with Gasteiger partial charge < -0.3 is 9.69 Å². The van der Waals surface area contributed by atoms with Gasteiger partial charge in [-0.25, -0.2) is 0 Å². The number of carbonyl (C=O) groups excluding carboxylic acids is 2. The SMILES string of the molecule is CCSC(CC=O)C(=O)N(C)C1=CC(C)/C=C\C(C)(C)C=C1. The van der Waals surface area contributed by atoms with Gasteiger partial charge in [0.15, 0.2) is 0 Å². The van der Waals surface area contributed by atoms with Crippen LogP contribution in [0.2, 0.25) is 0 Å². The van der Waals surface area contributed by atoms with Gasteiger partial charge in [0.05, 0.1) is 5.25 Å². The molecule has 2 atom stereocenters. The molecule has 0 saturated carbocycles. The van der Waals surface area contributed by atoms with Crippen LogP contribution < -0.4 is 0 Å². The first-order valence-electron chi connectivity index (χ1n) is 7.74. The number of hydrogen-bond acceptors (Lipinski definition) is 3. The average molecular weight is 321 g/mol. The van der Waals surface area contributed by atoms with Crippen molar-refractivity contribution in [2.75, 3.05) is 12.8 Å². The van der Waals surface area contributed by atoms with E-state index in [1.165, 1.54) is 11.8 Å². The van der Waals surface area contributed by atoms with Crippen LogP contribution in [-0.4, -0.2) is 35.1 Å². The molecule has 1 aliphatic rings. The Balaban J connectivity index is 3.00. The second kappa shape index (κ2) is 8.37. The van der Waals surface area contributed by atoms with Gasteiger partial charge in [0.25, 0.3) is 0 Å². The monoisotopic (exact) mass is 321 g/mol. The number of amides is 1. The number of likely N-dealkylation sites (N-methyl/N-ethyl adjacent to an activating group) is 1. The lowest BCUT2D eigenvalue weighted by molar-refractivity contribution is -0.128. The van der Waals surface area contributed by atoms with Gasteiger partial charge in [-0.2, -0.15) is 0 Å². The summed E-state index contributed by atoms with van der Waals surface area (Å²) in [5.41, 5.74) is 0.861. The topological polar surface area (TPSA) is 37.4 Å². The lowest BCUT2D eigenvalue weighted by Crippen LogP contribution is -2.34. The lowest BCUT2D eigenvalue weighted by atomic mass is 9.89. The fourth-order valence-electron chi connectivity index (χ4n) is 2.23. The number of aldehydes is 1. The van der Waals surface area contributed by atoms with Gasteiger partial charge in [-0.3, -0.25) is 4.79 Å². The van der Waals surface area contributed by atoms with Crippen molar-refractivity contribution >= 4 is 24.0 Å². The summed E-state index contributed by atoms with van der Waals surface area (Å²) in [6.45, 7) is 8.38. The predicted octanol–water partition coefficient (Wildman–Crippen LogP) is 3.83. The van der Waals surface area contributed by atoms with E-state index in [2.05, 4.69) is 45.1 Å². The van der Waals surface area contributed by atoms with Gasteiger partial charge in [-0.15, -0.1) is 11.8 Å². The fourth-order valence-corrected chi connectivity index (χ4v) is 3.15. The molecule has 0 saturated heterocycles. The third-order valence-electron chi connectivity index (χ3n) is 3.62. The molecule has 0 heterocycles. The first-order valence-corrected chi connectivity index (χ1v) is 8.79. The molecule has 3 nitrogen and oxygen atoms in total. The van der Waals surface area contributed by atoms with Crippen molar-refractivity contribution < 1.29 is 9.59 Å². The van der Waals surface area contributed by atoms with Gasteiger partial charge in [0.2, 0.25) is 5.91 Å². The molecule has 0 aromatic heterocycles. The minimum Gasteiger partial charge on any atom is -0.315 e. The van der Waals surface area contributed by atoms with Gasteiger partial charge in [0, 0.05) is 24.6 Å². The van der Waals surface area contributed by atoms with E-state index in [0.29, 0.717) is 0 Å². The van der Waals surface area contributed by atoms with Crippen LogP contribution in [0.1, 0.15) is 34.1 Å². The molecular formula is C18H27NO2S. The molecule has 1 rings (SSSR count). The quantitative estimate of drug-likeness (QED) is 0.551. The Hall–Kier alpha value is -1.29. The summed E-state index contributed by atoms with van der Waals surface area (Å²) in [5.74, 6) is 1.07. The van der Waals surface area contributed by atoms with Crippen LogP contribution >= 0.6 is 11.8 Å². The van der Waals surface area contributed by atoms with E-state index < -0.39 is 0 Å². The number of allylic oxidation sites excluding steroid dienone is 5. The van der Waals surface area contributed by atoms with E-state index in [1.807, 2.05) is 13.0 Å². The Labute approximate surface area is 138 Å². The maximum absolute atomic E-state index is 12.6. The van der Waals surface area contributed by atoms with Crippen LogP contribution in [0.25, 0.3) is 0 Å². The molecule has 4 heteroatoms. The molecule has 2 unspecified atom stereocenters. The molecule has 0 aromatic carbocycles. The van der Waals surface area contributed by atoms with Crippen LogP contribution in [0.3, 0.4) is 0 Å². The molecule has 0 fully saturated rings. The summed E-state index contributed by atoms with van der Waals surface area (Å²) in [6, 6.07) is 0. The normalized spacial score (nSPS) is 23.0. The molecule has 0 aromatic rings. The van der Waals surface area contributed by atoms with Crippen molar-refractivity contribution in [3.8, 4) is 0 Å². The second-order valence-electron chi connectivity index (χ2n) is 6.21. The number of rotatable bonds is 6. The second-order valence-corrected chi connectivity index (χ2v) is 7.69. The van der Waals surface area contributed by atoms with Crippen molar-refractivity contribution in [2.24, 2.45) is 11.3 Å². The number of nitrogens with zero attached hydrogens (tertiary/aromatic N) is 1. The number of hydrogen-bond donors (Lipinski definition) is 0. The Kier molecular flexibility index (Phi) is 7.14. The molecule has 1 amide bonds. The van der Waals surface area contributed by atoms with E-state index in [4.69, 9.17) is 0 Å². The zero-order valence-electron chi connectivity index (χ0n) is 14.2. The molecule has 22 heavy (non-hydrogen) atoms. The molecule has 122 valence electrons. The van der Waals surface area contributed by atoms with Crippen LogP contribution in [-0.2, 0) is 9.59 Å². The van der Waals surface area contributed by atoms with Crippen molar-refractivity contribution in [1.29, 1.82) is 0 Å². The molecular weight excluding hydrogens is 294 g/mol. The highest BCUT2D eigenvalue weighted by Crippen LogP contribution is 2.26. The first-order chi connectivity index (χ1) is 10.3.